The van der Waals surface area contributed by atoms with E-state index >= 15 is 0 Å². The minimum atomic E-state index is -2.51. The fourth-order valence-electron chi connectivity index (χ4n) is 7.07. The van der Waals surface area contributed by atoms with Crippen LogP contribution in [0.25, 0.3) is 0 Å². The number of likely N-dealkylation sites (N-methyl/N-ethyl adjacent to an activating group) is 2. The Kier molecular flexibility index (Phi) is 5.16. The van der Waals surface area contributed by atoms with Gasteiger partial charge in [-0.15, -0.1) is 0 Å². The van der Waals surface area contributed by atoms with Crippen LogP contribution in [0.2, 0.25) is 18.1 Å². The van der Waals surface area contributed by atoms with Gasteiger partial charge in [0, 0.05) is 14.1 Å². The lowest BCUT2D eigenvalue weighted by molar-refractivity contribution is -0.280. The zero-order valence-corrected chi connectivity index (χ0v) is 21.9. The van der Waals surface area contributed by atoms with Crippen molar-refractivity contribution in [3.05, 3.63) is 0 Å². The molecule has 0 aromatic carbocycles. The van der Waals surface area contributed by atoms with Gasteiger partial charge >= 0.3 is 0 Å². The van der Waals surface area contributed by atoms with Crippen molar-refractivity contribution in [3.63, 3.8) is 0 Å². The SMILES string of the molecule is CN1C(=O)[C@]23[C@H](O)[C@H](O)C1C1(C)C(=O)[C@@H](O)[C@@]2(CCC[C@H]3O[Si](C)(C)C(C)(C)C)N(C)C1=O. The summed E-state index contributed by atoms with van der Waals surface area (Å²) < 4.78 is 6.76. The number of nitrogens with zero attached hydrogens (tertiary/aromatic N) is 2. The average Bonchev–Trinajstić information content (AvgIpc) is 2.72. The third-order valence-corrected chi connectivity index (χ3v) is 14.3. The van der Waals surface area contributed by atoms with Gasteiger partial charge in [0.15, 0.2) is 14.1 Å². The highest BCUT2D eigenvalue weighted by molar-refractivity contribution is 6.74. The maximum atomic E-state index is 14.3. The lowest BCUT2D eigenvalue weighted by Gasteiger charge is -2.72. The molecule has 2 spiro atoms. The Morgan fingerprint density at radius 2 is 1.64 bits per heavy atom. The molecule has 2 unspecified atom stereocenters. The lowest BCUT2D eigenvalue weighted by atomic mass is 9.44. The molecule has 0 aromatic rings. The molecular weight excluding hydrogens is 444 g/mol. The van der Waals surface area contributed by atoms with Crippen LogP contribution in [0.1, 0.15) is 47.0 Å². The molecular formula is C23H38N2O7Si. The first kappa shape index (κ1) is 24.8. The summed E-state index contributed by atoms with van der Waals surface area (Å²) in [6.45, 7) is 11.6. The molecule has 7 aliphatic rings. The van der Waals surface area contributed by atoms with Gasteiger partial charge in [0.05, 0.1) is 17.7 Å². The summed E-state index contributed by atoms with van der Waals surface area (Å²) in [5.74, 6) is -1.76. The van der Waals surface area contributed by atoms with E-state index in [4.69, 9.17) is 4.43 Å². The van der Waals surface area contributed by atoms with Crippen LogP contribution in [-0.2, 0) is 18.8 Å². The third-order valence-electron chi connectivity index (χ3n) is 9.85. The van der Waals surface area contributed by atoms with E-state index in [0.29, 0.717) is 12.8 Å². The topological polar surface area (TPSA) is 128 Å². The standard InChI is InChI=1S/C23H38N2O7Si/c1-20(2,3)33(7,8)32-12-10-9-11-22-17(29)16(28)21(4,18(30)25(22)6)14-13(26)15(27)23(12,22)19(31)24(14)5/h12-15,17,26-27,29H,9-11H2,1-8H3/t12-,13-,14?,15-,17-,21?,22-,23+/m1/s1. The molecule has 8 atom stereocenters. The average molecular weight is 483 g/mol. The quantitative estimate of drug-likeness (QED) is 0.381. The second kappa shape index (κ2) is 6.87. The van der Waals surface area contributed by atoms with Crippen molar-refractivity contribution in [3.8, 4) is 0 Å². The zero-order valence-electron chi connectivity index (χ0n) is 20.9. The summed E-state index contributed by atoms with van der Waals surface area (Å²) in [5, 5.41) is 34.5. The number of aliphatic hydroxyl groups excluding tert-OH is 3. The van der Waals surface area contributed by atoms with Crippen LogP contribution in [0.3, 0.4) is 0 Å². The van der Waals surface area contributed by atoms with Gasteiger partial charge in [0.2, 0.25) is 11.8 Å². The van der Waals surface area contributed by atoms with E-state index in [0.717, 1.165) is 0 Å². The summed E-state index contributed by atoms with van der Waals surface area (Å²) in [6.07, 6.45) is -4.69. The van der Waals surface area contributed by atoms with Crippen molar-refractivity contribution in [1.82, 2.24) is 9.80 Å². The maximum absolute atomic E-state index is 14.3. The van der Waals surface area contributed by atoms with Gasteiger partial charge in [-0.2, -0.15) is 0 Å². The van der Waals surface area contributed by atoms with Gasteiger partial charge in [-0.05, 0) is 44.3 Å². The molecule has 0 aromatic heterocycles. The van der Waals surface area contributed by atoms with Crippen LogP contribution in [-0.4, -0.2) is 101 Å². The molecule has 2 amide bonds. The van der Waals surface area contributed by atoms with Crippen molar-refractivity contribution in [2.24, 2.45) is 10.8 Å². The monoisotopic (exact) mass is 482 g/mol. The van der Waals surface area contributed by atoms with Crippen LogP contribution in [0.5, 0.6) is 0 Å². The Hall–Kier alpha value is -1.33. The molecule has 5 heterocycles. The van der Waals surface area contributed by atoms with Gasteiger partial charge in [-0.25, -0.2) is 0 Å². The molecule has 186 valence electrons. The highest BCUT2D eigenvalue weighted by atomic mass is 28.4. The van der Waals surface area contributed by atoms with E-state index in [1.54, 1.807) is 0 Å². The molecule has 4 bridgehead atoms. The Balaban J connectivity index is 2.06. The Morgan fingerprint density at radius 3 is 2.18 bits per heavy atom. The zero-order chi connectivity index (χ0) is 25.1. The number of amides is 2. The van der Waals surface area contributed by atoms with Crippen molar-refractivity contribution in [2.75, 3.05) is 14.1 Å². The summed E-state index contributed by atoms with van der Waals surface area (Å²) >= 11 is 0. The fourth-order valence-corrected chi connectivity index (χ4v) is 8.44. The largest absolute Gasteiger partial charge is 0.413 e. The fraction of sp³-hybridized carbons (Fsp3) is 0.870. The van der Waals surface area contributed by atoms with Crippen molar-refractivity contribution in [1.29, 1.82) is 0 Å². The number of aliphatic hydroxyl groups is 3. The van der Waals surface area contributed by atoms with E-state index in [-0.39, 0.29) is 11.5 Å². The lowest BCUT2D eigenvalue weighted by Crippen LogP contribution is -2.92. The maximum Gasteiger partial charge on any atom is 0.238 e. The predicted molar refractivity (Wildman–Crippen MR) is 122 cm³/mol. The van der Waals surface area contributed by atoms with Gasteiger partial charge in [-0.3, -0.25) is 14.4 Å². The van der Waals surface area contributed by atoms with Gasteiger partial charge in [-0.1, -0.05) is 20.8 Å². The number of piperidine rings is 2. The van der Waals surface area contributed by atoms with Crippen molar-refractivity contribution >= 4 is 25.9 Å². The Morgan fingerprint density at radius 1 is 1.06 bits per heavy atom. The van der Waals surface area contributed by atoms with E-state index < -0.39 is 72.7 Å². The van der Waals surface area contributed by atoms with Crippen LogP contribution < -0.4 is 0 Å². The van der Waals surface area contributed by atoms with E-state index in [1.165, 1.54) is 30.8 Å². The molecule has 3 N–H and O–H groups in total. The summed E-state index contributed by atoms with van der Waals surface area (Å²) in [4.78, 5) is 44.3. The van der Waals surface area contributed by atoms with E-state index in [1.807, 2.05) is 13.1 Å². The Bertz CT molecular complexity index is 893. The van der Waals surface area contributed by atoms with Gasteiger partial charge in [0.25, 0.3) is 0 Å². The van der Waals surface area contributed by atoms with Crippen LogP contribution in [0, 0.1) is 10.8 Å². The minimum Gasteiger partial charge on any atom is -0.413 e. The first-order valence-electron chi connectivity index (χ1n) is 11.8. The number of carbonyl (C=O) groups is 3. The normalized spacial score (nSPS) is 45.9. The second-order valence-electron chi connectivity index (χ2n) is 12.2. The molecule has 2 aliphatic carbocycles. The second-order valence-corrected chi connectivity index (χ2v) is 16.9. The minimum absolute atomic E-state index is 0.142. The molecule has 9 nitrogen and oxygen atoms in total. The first-order valence-corrected chi connectivity index (χ1v) is 14.7. The molecule has 0 radical (unpaired) electrons. The number of Topliss-reactive ketones (excluding diaryl/α,β-unsaturated/α-hetero) is 1. The molecule has 7 rings (SSSR count). The number of rotatable bonds is 2. The summed E-state index contributed by atoms with van der Waals surface area (Å²) in [6, 6.07) is -1.29. The van der Waals surface area contributed by atoms with Crippen molar-refractivity contribution < 1.29 is 34.1 Å². The van der Waals surface area contributed by atoms with Crippen molar-refractivity contribution in [2.45, 2.75) is 101 Å². The van der Waals surface area contributed by atoms with Crippen LogP contribution >= 0.6 is 0 Å². The molecule has 2 saturated carbocycles. The predicted octanol–water partition coefficient (Wildman–Crippen LogP) is 0.270. The number of hydrogen-bond donors (Lipinski definition) is 3. The third kappa shape index (κ3) is 2.49. The molecule has 10 heteroatoms. The van der Waals surface area contributed by atoms with Gasteiger partial charge < -0.3 is 29.5 Å². The Labute approximate surface area is 196 Å². The highest BCUT2D eigenvalue weighted by Gasteiger charge is 2.84. The number of ketones is 1. The highest BCUT2D eigenvalue weighted by Crippen LogP contribution is 2.64. The molecule has 5 saturated heterocycles. The first-order chi connectivity index (χ1) is 15.0. The molecule has 7 fully saturated rings. The van der Waals surface area contributed by atoms with E-state index in [2.05, 4.69) is 20.8 Å². The summed E-state index contributed by atoms with van der Waals surface area (Å²) in [7, 11) is 0.460. The summed E-state index contributed by atoms with van der Waals surface area (Å²) in [5.41, 5.74) is -5.47. The number of hydrogen-bond acceptors (Lipinski definition) is 7. The van der Waals surface area contributed by atoms with Gasteiger partial charge in [0.1, 0.15) is 29.1 Å². The van der Waals surface area contributed by atoms with Crippen LogP contribution in [0.15, 0.2) is 0 Å². The number of carbonyl (C=O) groups excluding carboxylic acids is 3. The molecule has 33 heavy (non-hydrogen) atoms. The smallest absolute Gasteiger partial charge is 0.238 e. The molecule has 5 aliphatic heterocycles. The van der Waals surface area contributed by atoms with E-state index in [9.17, 15) is 29.7 Å². The van der Waals surface area contributed by atoms with Crippen LogP contribution in [0.4, 0.5) is 0 Å².